The molecule has 1 unspecified atom stereocenters. The van der Waals surface area contributed by atoms with Gasteiger partial charge in [-0.1, -0.05) is 6.07 Å². The molecular weight excluding hydrogens is 318 g/mol. The van der Waals surface area contributed by atoms with E-state index in [4.69, 9.17) is 14.2 Å². The molecule has 0 saturated carbocycles. The first-order valence-electron chi connectivity index (χ1n) is 6.99. The summed E-state index contributed by atoms with van der Waals surface area (Å²) in [4.78, 5) is 24.6. The van der Waals surface area contributed by atoms with Gasteiger partial charge in [-0.3, -0.25) is 4.79 Å². The van der Waals surface area contributed by atoms with Gasteiger partial charge in [-0.05, 0) is 29.6 Å². The number of anilines is 1. The summed E-state index contributed by atoms with van der Waals surface area (Å²) in [6.07, 6.45) is 0.0821. The first-order chi connectivity index (χ1) is 11.2. The number of hydrogen-bond donors (Lipinski definition) is 1. The Balaban J connectivity index is 1.77. The van der Waals surface area contributed by atoms with E-state index in [2.05, 4.69) is 5.32 Å². The zero-order valence-corrected chi connectivity index (χ0v) is 13.2. The number of benzene rings is 1. The third-order valence-electron chi connectivity index (χ3n) is 3.21. The monoisotopic (exact) mass is 333 g/mol. The number of epoxide rings is 1. The summed E-state index contributed by atoms with van der Waals surface area (Å²) < 4.78 is 15.4. The molecule has 7 heteroatoms. The number of carbonyl (C=O) groups excluding carboxylic acids is 2. The van der Waals surface area contributed by atoms with E-state index in [0.29, 0.717) is 29.5 Å². The third kappa shape index (κ3) is 3.88. The normalized spacial score (nSPS) is 15.8. The summed E-state index contributed by atoms with van der Waals surface area (Å²) in [5.74, 6) is -0.346. The van der Waals surface area contributed by atoms with Crippen LogP contribution in [0.15, 0.2) is 35.7 Å². The molecule has 1 aliphatic rings. The number of nitrogens with one attached hydrogen (secondary N) is 1. The van der Waals surface area contributed by atoms with Crippen molar-refractivity contribution in [1.82, 2.24) is 0 Å². The van der Waals surface area contributed by atoms with Crippen molar-refractivity contribution in [3.8, 4) is 5.75 Å². The van der Waals surface area contributed by atoms with Gasteiger partial charge in [-0.25, -0.2) is 4.79 Å². The predicted octanol–water partition coefficient (Wildman–Crippen LogP) is 2.56. The van der Waals surface area contributed by atoms with Crippen LogP contribution in [0.4, 0.5) is 5.69 Å². The molecule has 1 aromatic heterocycles. The Hall–Kier alpha value is -2.38. The second-order valence-electron chi connectivity index (χ2n) is 4.90. The Morgan fingerprint density at radius 1 is 1.39 bits per heavy atom. The van der Waals surface area contributed by atoms with Gasteiger partial charge in [-0.2, -0.15) is 0 Å². The minimum atomic E-state index is -0.524. The van der Waals surface area contributed by atoms with Crippen LogP contribution in [0, 0.1) is 0 Å². The quantitative estimate of drug-likeness (QED) is 0.649. The number of thiophene rings is 1. The molecule has 0 bridgehead atoms. The zero-order valence-electron chi connectivity index (χ0n) is 12.4. The molecule has 120 valence electrons. The summed E-state index contributed by atoms with van der Waals surface area (Å²) >= 11 is 1.34. The van der Waals surface area contributed by atoms with Gasteiger partial charge < -0.3 is 19.5 Å². The van der Waals surface area contributed by atoms with Crippen molar-refractivity contribution in [3.63, 3.8) is 0 Å². The lowest BCUT2D eigenvalue weighted by Crippen LogP contribution is -2.13. The Morgan fingerprint density at radius 3 is 2.87 bits per heavy atom. The topological polar surface area (TPSA) is 77.2 Å². The van der Waals surface area contributed by atoms with Gasteiger partial charge in [0.2, 0.25) is 0 Å². The SMILES string of the molecule is COC(=O)c1cc(NC(=O)c2cccs2)ccc1OCC1CO1. The summed E-state index contributed by atoms with van der Waals surface area (Å²) in [7, 11) is 1.30. The van der Waals surface area contributed by atoms with Gasteiger partial charge in [0.05, 0.1) is 18.6 Å². The average Bonchev–Trinajstić information content (AvgIpc) is 3.23. The smallest absolute Gasteiger partial charge is 0.341 e. The highest BCUT2D eigenvalue weighted by Gasteiger charge is 2.24. The number of esters is 1. The second kappa shape index (κ2) is 6.80. The van der Waals surface area contributed by atoms with Gasteiger partial charge in [0.25, 0.3) is 5.91 Å². The summed E-state index contributed by atoms with van der Waals surface area (Å²) in [6.45, 7) is 1.05. The molecule has 6 nitrogen and oxygen atoms in total. The predicted molar refractivity (Wildman–Crippen MR) is 85.3 cm³/mol. The highest BCUT2D eigenvalue weighted by atomic mass is 32.1. The van der Waals surface area contributed by atoms with E-state index in [0.717, 1.165) is 0 Å². The van der Waals surface area contributed by atoms with Crippen LogP contribution in [-0.4, -0.2) is 38.3 Å². The summed E-state index contributed by atoms with van der Waals surface area (Å²) in [5.41, 5.74) is 0.760. The van der Waals surface area contributed by atoms with Gasteiger partial charge in [0, 0.05) is 5.69 Å². The zero-order chi connectivity index (χ0) is 16.2. The van der Waals surface area contributed by atoms with Crippen LogP contribution >= 0.6 is 11.3 Å². The maximum atomic E-state index is 12.1. The van der Waals surface area contributed by atoms with E-state index in [-0.39, 0.29) is 17.6 Å². The molecule has 1 fully saturated rings. The van der Waals surface area contributed by atoms with E-state index in [1.807, 2.05) is 5.38 Å². The molecule has 1 saturated heterocycles. The second-order valence-corrected chi connectivity index (χ2v) is 5.85. The van der Waals surface area contributed by atoms with Crippen LogP contribution in [0.5, 0.6) is 5.75 Å². The van der Waals surface area contributed by atoms with Crippen molar-refractivity contribution in [1.29, 1.82) is 0 Å². The number of ether oxygens (including phenoxy) is 3. The van der Waals surface area contributed by atoms with E-state index in [9.17, 15) is 9.59 Å². The molecule has 1 N–H and O–H groups in total. The summed E-state index contributed by atoms with van der Waals surface area (Å²) in [6, 6.07) is 8.39. The molecule has 23 heavy (non-hydrogen) atoms. The maximum absolute atomic E-state index is 12.1. The Morgan fingerprint density at radius 2 is 2.22 bits per heavy atom. The van der Waals surface area contributed by atoms with E-state index >= 15 is 0 Å². The number of carbonyl (C=O) groups is 2. The lowest BCUT2D eigenvalue weighted by atomic mass is 10.1. The van der Waals surface area contributed by atoms with Crippen molar-refractivity contribution in [2.24, 2.45) is 0 Å². The van der Waals surface area contributed by atoms with Crippen LogP contribution in [0.2, 0.25) is 0 Å². The summed E-state index contributed by atoms with van der Waals surface area (Å²) in [5, 5.41) is 4.58. The number of hydrogen-bond acceptors (Lipinski definition) is 6. The molecule has 2 aromatic rings. The fourth-order valence-corrected chi connectivity index (χ4v) is 2.57. The van der Waals surface area contributed by atoms with Gasteiger partial charge in [0.15, 0.2) is 0 Å². The average molecular weight is 333 g/mol. The Labute approximate surface area is 137 Å². The van der Waals surface area contributed by atoms with Crippen LogP contribution in [-0.2, 0) is 9.47 Å². The van der Waals surface area contributed by atoms with Crippen molar-refractivity contribution >= 4 is 28.9 Å². The highest BCUT2D eigenvalue weighted by molar-refractivity contribution is 7.12. The molecule has 2 heterocycles. The van der Waals surface area contributed by atoms with E-state index in [1.54, 1.807) is 30.3 Å². The third-order valence-corrected chi connectivity index (χ3v) is 4.08. The van der Waals surface area contributed by atoms with Gasteiger partial charge in [-0.15, -0.1) is 11.3 Å². The van der Waals surface area contributed by atoms with Crippen molar-refractivity contribution in [3.05, 3.63) is 46.2 Å². The van der Waals surface area contributed by atoms with Crippen LogP contribution in [0.3, 0.4) is 0 Å². The van der Waals surface area contributed by atoms with Crippen molar-refractivity contribution < 1.29 is 23.8 Å². The highest BCUT2D eigenvalue weighted by Crippen LogP contribution is 2.25. The van der Waals surface area contributed by atoms with E-state index < -0.39 is 5.97 Å². The standard InChI is InChI=1S/C16H15NO5S/c1-20-16(19)12-7-10(17-15(18)14-3-2-6-23-14)4-5-13(12)22-9-11-8-21-11/h2-7,11H,8-9H2,1H3,(H,17,18). The van der Waals surface area contributed by atoms with Crippen LogP contribution < -0.4 is 10.1 Å². The van der Waals surface area contributed by atoms with Gasteiger partial charge in [0.1, 0.15) is 24.0 Å². The Kier molecular flexibility index (Phi) is 4.59. The molecule has 1 amide bonds. The molecule has 3 rings (SSSR count). The minimum absolute atomic E-state index is 0.0821. The lowest BCUT2D eigenvalue weighted by Gasteiger charge is -2.11. The van der Waals surface area contributed by atoms with E-state index in [1.165, 1.54) is 18.4 Å². The fraction of sp³-hybridized carbons (Fsp3) is 0.250. The molecule has 0 spiro atoms. The first-order valence-corrected chi connectivity index (χ1v) is 7.87. The van der Waals surface area contributed by atoms with Crippen LogP contribution in [0.1, 0.15) is 20.0 Å². The molecule has 0 aliphatic carbocycles. The van der Waals surface area contributed by atoms with Crippen molar-refractivity contribution in [2.45, 2.75) is 6.10 Å². The Bertz CT molecular complexity index is 709. The molecular formula is C16H15NO5S. The van der Waals surface area contributed by atoms with Crippen LogP contribution in [0.25, 0.3) is 0 Å². The maximum Gasteiger partial charge on any atom is 0.341 e. The minimum Gasteiger partial charge on any atom is -0.490 e. The van der Waals surface area contributed by atoms with Crippen molar-refractivity contribution in [2.75, 3.05) is 25.6 Å². The number of amides is 1. The molecule has 1 atom stereocenters. The fourth-order valence-electron chi connectivity index (χ4n) is 1.95. The number of rotatable bonds is 6. The number of methoxy groups -OCH3 is 1. The molecule has 0 radical (unpaired) electrons. The first kappa shape index (κ1) is 15.5. The van der Waals surface area contributed by atoms with Gasteiger partial charge >= 0.3 is 5.97 Å². The largest absolute Gasteiger partial charge is 0.490 e. The lowest BCUT2D eigenvalue weighted by molar-refractivity contribution is 0.0595. The molecule has 1 aliphatic heterocycles. The molecule has 1 aromatic carbocycles.